The predicted molar refractivity (Wildman–Crippen MR) is 121 cm³/mol. The summed E-state index contributed by atoms with van der Waals surface area (Å²) in [4.78, 5) is 10.7. The van der Waals surface area contributed by atoms with Gasteiger partial charge in [-0.05, 0) is 53.5 Å². The number of anilines is 2. The molecule has 0 bridgehead atoms. The molecule has 2 aliphatic rings. The van der Waals surface area contributed by atoms with Gasteiger partial charge in [-0.3, -0.25) is 10.1 Å². The molecular formula is C23H23N3O6. The number of hydrogen-bond donors (Lipinski definition) is 4. The molecule has 2 aromatic carbocycles. The van der Waals surface area contributed by atoms with Crippen LogP contribution in [0.2, 0.25) is 0 Å². The third-order valence-electron chi connectivity index (χ3n) is 5.21. The summed E-state index contributed by atoms with van der Waals surface area (Å²) in [6.45, 7) is -0.378. The van der Waals surface area contributed by atoms with Crippen LogP contribution < -0.4 is 20.1 Å². The Morgan fingerprint density at radius 1 is 1.22 bits per heavy atom. The normalized spacial score (nSPS) is 15.4. The number of nitro groups is 1. The summed E-state index contributed by atoms with van der Waals surface area (Å²) >= 11 is 0. The number of allylic oxidation sites excluding steroid dienone is 4. The molecule has 0 spiro atoms. The van der Waals surface area contributed by atoms with Gasteiger partial charge in [0.05, 0.1) is 30.0 Å². The van der Waals surface area contributed by atoms with Crippen molar-refractivity contribution < 1.29 is 24.6 Å². The van der Waals surface area contributed by atoms with Crippen molar-refractivity contribution in [1.82, 2.24) is 0 Å². The van der Waals surface area contributed by atoms with E-state index in [0.717, 1.165) is 33.8 Å². The van der Waals surface area contributed by atoms with Gasteiger partial charge < -0.3 is 30.3 Å². The molecule has 0 saturated heterocycles. The van der Waals surface area contributed by atoms with E-state index in [1.807, 2.05) is 24.4 Å². The zero-order valence-corrected chi connectivity index (χ0v) is 17.4. The zero-order chi connectivity index (χ0) is 22.7. The summed E-state index contributed by atoms with van der Waals surface area (Å²) in [5.41, 5.74) is 5.25. The predicted octanol–water partition coefficient (Wildman–Crippen LogP) is 3.43. The lowest BCUT2D eigenvalue weighted by molar-refractivity contribution is -0.385. The second-order valence-electron chi connectivity index (χ2n) is 7.36. The molecule has 0 aromatic heterocycles. The van der Waals surface area contributed by atoms with Crippen LogP contribution in [-0.4, -0.2) is 41.6 Å². The van der Waals surface area contributed by atoms with E-state index in [-0.39, 0.29) is 24.7 Å². The first-order valence-electron chi connectivity index (χ1n) is 10.0. The van der Waals surface area contributed by atoms with Crippen molar-refractivity contribution >= 4 is 22.6 Å². The Morgan fingerprint density at radius 3 is 2.81 bits per heavy atom. The van der Waals surface area contributed by atoms with E-state index in [1.54, 1.807) is 18.2 Å². The Labute approximate surface area is 184 Å². The van der Waals surface area contributed by atoms with Crippen molar-refractivity contribution in [2.45, 2.75) is 12.5 Å². The lowest BCUT2D eigenvalue weighted by Crippen LogP contribution is -2.21. The zero-order valence-electron chi connectivity index (χ0n) is 17.4. The van der Waals surface area contributed by atoms with Crippen molar-refractivity contribution in [3.05, 3.63) is 81.7 Å². The number of rotatable bonds is 7. The third kappa shape index (κ3) is 4.43. The minimum absolute atomic E-state index is 0.0101. The molecule has 2 aromatic rings. The summed E-state index contributed by atoms with van der Waals surface area (Å²) in [6, 6.07) is 10.3. The molecule has 166 valence electrons. The number of benzene rings is 2. The van der Waals surface area contributed by atoms with E-state index < -0.39 is 11.0 Å². The second-order valence-corrected chi connectivity index (χ2v) is 7.36. The number of aliphatic hydroxyl groups is 2. The van der Waals surface area contributed by atoms with Crippen LogP contribution in [0.4, 0.5) is 17.1 Å². The summed E-state index contributed by atoms with van der Waals surface area (Å²) < 4.78 is 10.8. The number of nitro benzene ring substituents is 1. The van der Waals surface area contributed by atoms with Crippen molar-refractivity contribution in [1.29, 1.82) is 0 Å². The molecule has 4 N–H and O–H groups in total. The number of methoxy groups -OCH3 is 1. The molecule has 9 heteroatoms. The summed E-state index contributed by atoms with van der Waals surface area (Å²) in [5, 5.41) is 36.3. The monoisotopic (exact) mass is 437 g/mol. The van der Waals surface area contributed by atoms with Gasteiger partial charge in [0.25, 0.3) is 0 Å². The van der Waals surface area contributed by atoms with Gasteiger partial charge >= 0.3 is 5.69 Å². The van der Waals surface area contributed by atoms with Gasteiger partial charge in [0, 0.05) is 24.0 Å². The van der Waals surface area contributed by atoms with Crippen LogP contribution >= 0.6 is 0 Å². The van der Waals surface area contributed by atoms with Crippen LogP contribution in [0.25, 0.3) is 5.57 Å². The molecule has 9 nitrogen and oxygen atoms in total. The molecule has 0 radical (unpaired) electrons. The first kappa shape index (κ1) is 21.4. The molecule has 4 rings (SSSR count). The summed E-state index contributed by atoms with van der Waals surface area (Å²) in [6.07, 6.45) is 5.70. The quantitative estimate of drug-likeness (QED) is 0.383. The Hall–Kier alpha value is -3.82. The first-order chi connectivity index (χ1) is 15.5. The highest BCUT2D eigenvalue weighted by Gasteiger charge is 2.20. The average molecular weight is 437 g/mol. The maximum absolute atomic E-state index is 11.2. The van der Waals surface area contributed by atoms with Crippen molar-refractivity contribution in [3.63, 3.8) is 0 Å². The lowest BCUT2D eigenvalue weighted by Gasteiger charge is -2.18. The van der Waals surface area contributed by atoms with Crippen LogP contribution in [0.5, 0.6) is 11.5 Å². The maximum atomic E-state index is 11.2. The molecule has 32 heavy (non-hydrogen) atoms. The van der Waals surface area contributed by atoms with Crippen LogP contribution in [0.15, 0.2) is 66.0 Å². The van der Waals surface area contributed by atoms with E-state index >= 15 is 0 Å². The number of nitrogens with zero attached hydrogens (tertiary/aromatic N) is 1. The SMILES string of the molecule is COc1cc(C2=CCC3=CNc4ccc(OCC(O)CO)cc4NC3=C2)ccc1[N+](=O)[O-]. The first-order valence-corrected chi connectivity index (χ1v) is 10.0. The lowest BCUT2D eigenvalue weighted by atomic mass is 9.94. The Morgan fingerprint density at radius 2 is 2.06 bits per heavy atom. The van der Waals surface area contributed by atoms with E-state index in [2.05, 4.69) is 16.7 Å². The van der Waals surface area contributed by atoms with Crippen molar-refractivity contribution in [3.8, 4) is 11.5 Å². The van der Waals surface area contributed by atoms with Crippen LogP contribution in [-0.2, 0) is 0 Å². The standard InChI is InChI=1S/C23H23N3O6/c1-31-23-9-15(4-7-22(23)26(29)30)14-2-3-16-11-24-19-6-5-18(32-13-17(28)12-27)10-21(19)25-20(16)8-14/h2,4-11,17,24-25,27-28H,3,12-13H2,1H3. The topological polar surface area (TPSA) is 126 Å². The van der Waals surface area contributed by atoms with E-state index in [1.165, 1.54) is 13.2 Å². The van der Waals surface area contributed by atoms with E-state index in [4.69, 9.17) is 14.6 Å². The minimum Gasteiger partial charge on any atom is -0.491 e. The van der Waals surface area contributed by atoms with Gasteiger partial charge in [-0.15, -0.1) is 0 Å². The number of fused-ring (bicyclic) bond motifs is 2. The molecular weight excluding hydrogens is 414 g/mol. The fourth-order valence-corrected chi connectivity index (χ4v) is 3.50. The minimum atomic E-state index is -0.944. The molecule has 0 fully saturated rings. The van der Waals surface area contributed by atoms with Gasteiger partial charge in [-0.1, -0.05) is 6.08 Å². The van der Waals surface area contributed by atoms with Gasteiger partial charge in [-0.25, -0.2) is 0 Å². The number of ether oxygens (including phenoxy) is 2. The van der Waals surface area contributed by atoms with Crippen LogP contribution in [0.3, 0.4) is 0 Å². The van der Waals surface area contributed by atoms with Crippen LogP contribution in [0, 0.1) is 10.1 Å². The Balaban J connectivity index is 1.60. The Kier molecular flexibility index (Phi) is 6.11. The van der Waals surface area contributed by atoms with Crippen LogP contribution in [0.1, 0.15) is 12.0 Å². The second kappa shape index (κ2) is 9.13. The van der Waals surface area contributed by atoms with Crippen molar-refractivity contribution in [2.75, 3.05) is 31.0 Å². The van der Waals surface area contributed by atoms with Gasteiger partial charge in [0.15, 0.2) is 5.75 Å². The number of nitrogens with one attached hydrogen (secondary N) is 2. The van der Waals surface area contributed by atoms with Gasteiger partial charge in [0.2, 0.25) is 0 Å². The van der Waals surface area contributed by atoms with Gasteiger partial charge in [-0.2, -0.15) is 0 Å². The largest absolute Gasteiger partial charge is 0.491 e. The molecule has 1 atom stereocenters. The highest BCUT2D eigenvalue weighted by Crippen LogP contribution is 2.38. The van der Waals surface area contributed by atoms with Gasteiger partial charge in [0.1, 0.15) is 18.5 Å². The van der Waals surface area contributed by atoms with Crippen molar-refractivity contribution in [2.24, 2.45) is 0 Å². The highest BCUT2D eigenvalue weighted by molar-refractivity contribution is 5.84. The highest BCUT2D eigenvalue weighted by atomic mass is 16.6. The molecule has 1 unspecified atom stereocenters. The molecule has 1 aliphatic heterocycles. The number of hydrogen-bond acceptors (Lipinski definition) is 8. The molecule has 1 heterocycles. The smallest absolute Gasteiger partial charge is 0.310 e. The Bertz CT molecular complexity index is 1140. The summed E-state index contributed by atoms with van der Waals surface area (Å²) in [7, 11) is 1.41. The number of aliphatic hydroxyl groups excluding tert-OH is 2. The molecule has 1 aliphatic carbocycles. The maximum Gasteiger partial charge on any atom is 0.310 e. The summed E-state index contributed by atoms with van der Waals surface area (Å²) in [5.74, 6) is 0.766. The molecule has 0 amide bonds. The third-order valence-corrected chi connectivity index (χ3v) is 5.21. The fraction of sp³-hybridized carbons (Fsp3) is 0.217. The average Bonchev–Trinajstić information content (AvgIpc) is 3.00. The van der Waals surface area contributed by atoms with E-state index in [9.17, 15) is 15.2 Å². The van der Waals surface area contributed by atoms with E-state index in [0.29, 0.717) is 12.2 Å². The fourth-order valence-electron chi connectivity index (χ4n) is 3.50. The molecule has 0 saturated carbocycles.